The van der Waals surface area contributed by atoms with Crippen LogP contribution in [0.2, 0.25) is 0 Å². The van der Waals surface area contributed by atoms with Crippen LogP contribution >= 0.6 is 0 Å². The van der Waals surface area contributed by atoms with E-state index in [9.17, 15) is 9.59 Å². The molecule has 1 saturated heterocycles. The van der Waals surface area contributed by atoms with E-state index in [1.54, 1.807) is 0 Å². The van der Waals surface area contributed by atoms with E-state index < -0.39 is 5.91 Å². The average molecular weight is 213 g/mol. The number of carbonyl (C=O) groups excluding carboxylic acids is 2. The molecule has 0 aromatic rings. The van der Waals surface area contributed by atoms with Crippen molar-refractivity contribution in [2.24, 2.45) is 11.7 Å². The molecule has 1 heterocycles. The zero-order valence-electron chi connectivity index (χ0n) is 8.92. The van der Waals surface area contributed by atoms with Crippen LogP contribution in [0.3, 0.4) is 0 Å². The average Bonchev–Trinajstić information content (AvgIpc) is 2.25. The van der Waals surface area contributed by atoms with Gasteiger partial charge in [0.2, 0.25) is 11.8 Å². The highest BCUT2D eigenvalue weighted by molar-refractivity contribution is 5.83. The molecule has 1 unspecified atom stereocenters. The Hall–Kier alpha value is -1.10. The minimum absolute atomic E-state index is 0.0538. The first-order valence-electron chi connectivity index (χ1n) is 5.44. The van der Waals surface area contributed by atoms with E-state index in [1.807, 2.05) is 0 Å². The molecule has 1 aliphatic heterocycles. The lowest BCUT2D eigenvalue weighted by Crippen LogP contribution is -2.34. The Morgan fingerprint density at radius 2 is 2.27 bits per heavy atom. The fourth-order valence-electron chi connectivity index (χ4n) is 1.78. The van der Waals surface area contributed by atoms with Crippen molar-refractivity contribution < 1.29 is 9.59 Å². The first kappa shape index (κ1) is 12.0. The molecular formula is C10H19N3O2. The standard InChI is InChI=1S/C10H19N3O2/c11-9(14)7-13-10(15)4-3-8-2-1-5-12-6-8/h8,12H,1-7H2,(H2,11,14)(H,13,15). The Morgan fingerprint density at radius 3 is 2.87 bits per heavy atom. The van der Waals surface area contributed by atoms with E-state index in [-0.39, 0.29) is 12.5 Å². The monoisotopic (exact) mass is 213 g/mol. The summed E-state index contributed by atoms with van der Waals surface area (Å²) in [7, 11) is 0. The van der Waals surface area contributed by atoms with Gasteiger partial charge in [0.05, 0.1) is 6.54 Å². The molecule has 5 heteroatoms. The Bertz CT molecular complexity index is 225. The number of rotatable bonds is 5. The number of primary amides is 1. The topological polar surface area (TPSA) is 84.2 Å². The highest BCUT2D eigenvalue weighted by atomic mass is 16.2. The van der Waals surface area contributed by atoms with Gasteiger partial charge in [0.15, 0.2) is 0 Å². The van der Waals surface area contributed by atoms with Gasteiger partial charge in [0.25, 0.3) is 0 Å². The third kappa shape index (κ3) is 5.37. The molecule has 86 valence electrons. The summed E-state index contributed by atoms with van der Waals surface area (Å²) in [5.41, 5.74) is 4.92. The second-order valence-corrected chi connectivity index (χ2v) is 3.99. The summed E-state index contributed by atoms with van der Waals surface area (Å²) in [6.45, 7) is 2.04. The number of hydrogen-bond donors (Lipinski definition) is 3. The number of amides is 2. The summed E-state index contributed by atoms with van der Waals surface area (Å²) in [4.78, 5) is 21.7. The first-order chi connectivity index (χ1) is 7.18. The Kier molecular flexibility index (Phi) is 5.10. The van der Waals surface area contributed by atoms with Gasteiger partial charge in [-0.25, -0.2) is 0 Å². The Labute approximate surface area is 89.8 Å². The van der Waals surface area contributed by atoms with Crippen molar-refractivity contribution >= 4 is 11.8 Å². The maximum absolute atomic E-state index is 11.3. The summed E-state index contributed by atoms with van der Waals surface area (Å²) in [5.74, 6) is 0.0140. The van der Waals surface area contributed by atoms with Gasteiger partial charge < -0.3 is 16.4 Å². The summed E-state index contributed by atoms with van der Waals surface area (Å²) in [5, 5.41) is 5.79. The number of hydrogen-bond acceptors (Lipinski definition) is 3. The normalized spacial score (nSPS) is 20.9. The molecule has 1 atom stereocenters. The van der Waals surface area contributed by atoms with Gasteiger partial charge in [-0.15, -0.1) is 0 Å². The molecule has 1 fully saturated rings. The van der Waals surface area contributed by atoms with Gasteiger partial charge in [-0.3, -0.25) is 9.59 Å². The molecule has 0 radical (unpaired) electrons. The van der Waals surface area contributed by atoms with E-state index in [2.05, 4.69) is 10.6 Å². The van der Waals surface area contributed by atoms with Crippen molar-refractivity contribution in [2.45, 2.75) is 25.7 Å². The predicted octanol–water partition coefficient (Wildman–Crippen LogP) is -0.632. The van der Waals surface area contributed by atoms with E-state index in [4.69, 9.17) is 5.73 Å². The van der Waals surface area contributed by atoms with Crippen LogP contribution < -0.4 is 16.4 Å². The largest absolute Gasteiger partial charge is 0.368 e. The molecule has 0 aliphatic carbocycles. The first-order valence-corrected chi connectivity index (χ1v) is 5.44. The van der Waals surface area contributed by atoms with Crippen LogP contribution in [0.1, 0.15) is 25.7 Å². The number of nitrogens with two attached hydrogens (primary N) is 1. The van der Waals surface area contributed by atoms with Gasteiger partial charge in [-0.1, -0.05) is 0 Å². The van der Waals surface area contributed by atoms with Gasteiger partial charge >= 0.3 is 0 Å². The molecule has 0 spiro atoms. The maximum Gasteiger partial charge on any atom is 0.236 e. The van der Waals surface area contributed by atoms with Crippen LogP contribution in [-0.2, 0) is 9.59 Å². The summed E-state index contributed by atoms with van der Waals surface area (Å²) < 4.78 is 0. The SMILES string of the molecule is NC(=O)CNC(=O)CCC1CCCNC1. The summed E-state index contributed by atoms with van der Waals surface area (Å²) in [6.07, 6.45) is 3.75. The number of piperidine rings is 1. The molecule has 2 amide bonds. The third-order valence-electron chi connectivity index (χ3n) is 2.64. The second kappa shape index (κ2) is 6.40. The lowest BCUT2D eigenvalue weighted by atomic mass is 9.94. The molecule has 15 heavy (non-hydrogen) atoms. The Morgan fingerprint density at radius 1 is 1.47 bits per heavy atom. The van der Waals surface area contributed by atoms with E-state index in [0.717, 1.165) is 19.5 Å². The van der Waals surface area contributed by atoms with Gasteiger partial charge in [0.1, 0.15) is 0 Å². The number of nitrogens with one attached hydrogen (secondary N) is 2. The van der Waals surface area contributed by atoms with Gasteiger partial charge in [-0.2, -0.15) is 0 Å². The zero-order valence-corrected chi connectivity index (χ0v) is 8.92. The van der Waals surface area contributed by atoms with Crippen LogP contribution in [0.5, 0.6) is 0 Å². The molecule has 0 bridgehead atoms. The highest BCUT2D eigenvalue weighted by Crippen LogP contribution is 2.15. The quantitative estimate of drug-likeness (QED) is 0.568. The maximum atomic E-state index is 11.3. The fourth-order valence-corrected chi connectivity index (χ4v) is 1.78. The van der Waals surface area contributed by atoms with Gasteiger partial charge in [0, 0.05) is 6.42 Å². The molecule has 0 aromatic heterocycles. The van der Waals surface area contributed by atoms with Crippen molar-refractivity contribution in [2.75, 3.05) is 19.6 Å². The van der Waals surface area contributed by atoms with E-state index in [0.29, 0.717) is 12.3 Å². The van der Waals surface area contributed by atoms with Crippen molar-refractivity contribution in [3.8, 4) is 0 Å². The fraction of sp³-hybridized carbons (Fsp3) is 0.800. The molecule has 1 rings (SSSR count). The van der Waals surface area contributed by atoms with Crippen LogP contribution in [0.4, 0.5) is 0 Å². The highest BCUT2D eigenvalue weighted by Gasteiger charge is 2.14. The van der Waals surface area contributed by atoms with Crippen molar-refractivity contribution in [1.82, 2.24) is 10.6 Å². The van der Waals surface area contributed by atoms with Crippen LogP contribution in [0.25, 0.3) is 0 Å². The lowest BCUT2D eigenvalue weighted by molar-refractivity contribution is -0.125. The molecule has 5 nitrogen and oxygen atoms in total. The van der Waals surface area contributed by atoms with Crippen LogP contribution in [0.15, 0.2) is 0 Å². The van der Waals surface area contributed by atoms with Crippen molar-refractivity contribution in [3.63, 3.8) is 0 Å². The Balaban J connectivity index is 2.07. The molecule has 0 saturated carbocycles. The zero-order chi connectivity index (χ0) is 11.1. The van der Waals surface area contributed by atoms with Crippen LogP contribution in [0, 0.1) is 5.92 Å². The smallest absolute Gasteiger partial charge is 0.236 e. The van der Waals surface area contributed by atoms with Crippen molar-refractivity contribution in [3.05, 3.63) is 0 Å². The summed E-state index contributed by atoms with van der Waals surface area (Å²) in [6, 6.07) is 0. The van der Waals surface area contributed by atoms with E-state index in [1.165, 1.54) is 12.8 Å². The lowest BCUT2D eigenvalue weighted by Gasteiger charge is -2.22. The number of carbonyl (C=O) groups is 2. The minimum Gasteiger partial charge on any atom is -0.368 e. The molecule has 1 aliphatic rings. The molecular weight excluding hydrogens is 194 g/mol. The molecule has 0 aromatic carbocycles. The van der Waals surface area contributed by atoms with Gasteiger partial charge in [-0.05, 0) is 38.3 Å². The summed E-state index contributed by atoms with van der Waals surface area (Å²) >= 11 is 0. The predicted molar refractivity (Wildman–Crippen MR) is 57.0 cm³/mol. The van der Waals surface area contributed by atoms with Crippen molar-refractivity contribution in [1.29, 1.82) is 0 Å². The third-order valence-corrected chi connectivity index (χ3v) is 2.64. The van der Waals surface area contributed by atoms with E-state index >= 15 is 0 Å². The minimum atomic E-state index is -0.498. The van der Waals surface area contributed by atoms with Crippen LogP contribution in [-0.4, -0.2) is 31.4 Å². The second-order valence-electron chi connectivity index (χ2n) is 3.99. The molecule has 4 N–H and O–H groups in total.